The summed E-state index contributed by atoms with van der Waals surface area (Å²) in [7, 11) is 0. The molecule has 4 aliphatic heterocycles. The number of carbonyl (C=O) groups excluding carboxylic acids is 1. The van der Waals surface area contributed by atoms with Crippen LogP contribution in [0.1, 0.15) is 39.5 Å². The predicted molar refractivity (Wildman–Crippen MR) is 68.0 cm³/mol. The summed E-state index contributed by atoms with van der Waals surface area (Å²) in [5.41, 5.74) is -0.213. The summed E-state index contributed by atoms with van der Waals surface area (Å²) >= 11 is 0. The zero-order valence-electron chi connectivity index (χ0n) is 11.9. The molecule has 1 saturated carbocycles. The van der Waals surface area contributed by atoms with Crippen molar-refractivity contribution in [3.05, 3.63) is 12.2 Å². The molecule has 0 radical (unpaired) electrons. The minimum absolute atomic E-state index is 0.0717. The highest BCUT2D eigenvalue weighted by atomic mass is 17.3. The van der Waals surface area contributed by atoms with Crippen molar-refractivity contribution >= 4 is 5.97 Å². The van der Waals surface area contributed by atoms with Gasteiger partial charge in [-0.3, -0.25) is 0 Å². The van der Waals surface area contributed by atoms with Crippen LogP contribution in [0.2, 0.25) is 0 Å². The summed E-state index contributed by atoms with van der Waals surface area (Å²) < 4.78 is 11.5. The van der Waals surface area contributed by atoms with Crippen molar-refractivity contribution in [1.82, 2.24) is 0 Å². The summed E-state index contributed by atoms with van der Waals surface area (Å²) in [5, 5.41) is 0. The second-order valence-electron chi connectivity index (χ2n) is 6.79. The van der Waals surface area contributed by atoms with Gasteiger partial charge in [0.15, 0.2) is 5.60 Å². The molecule has 110 valence electrons. The molecular weight excluding hydrogens is 260 g/mol. The van der Waals surface area contributed by atoms with E-state index in [-0.39, 0.29) is 17.8 Å². The maximum absolute atomic E-state index is 12.0. The molecule has 0 aromatic rings. The van der Waals surface area contributed by atoms with E-state index in [0.717, 1.165) is 25.7 Å². The van der Waals surface area contributed by atoms with E-state index in [1.165, 1.54) is 0 Å². The summed E-state index contributed by atoms with van der Waals surface area (Å²) in [6.45, 7) is 8.00. The Bertz CT molecular complexity index is 489. The number of hydrogen-bond donors (Lipinski definition) is 0. The Kier molecular flexibility index (Phi) is 2.46. The SMILES string of the molecule is C=C1C(=O)O[C@@H]2O[C@]3(C)CC[C@H]4[C@H](C)CC[C@@H]1[C@@]24OO3. The molecular formula is C15H20O5. The average Bonchev–Trinajstić information content (AvgIpc) is 2.63. The van der Waals surface area contributed by atoms with E-state index in [1.807, 2.05) is 6.92 Å². The predicted octanol–water partition coefficient (Wildman–Crippen LogP) is 2.32. The number of esters is 1. The maximum Gasteiger partial charge on any atom is 0.336 e. The van der Waals surface area contributed by atoms with Crippen LogP contribution in [0.3, 0.4) is 0 Å². The first-order valence-electron chi connectivity index (χ1n) is 7.41. The van der Waals surface area contributed by atoms with E-state index in [9.17, 15) is 4.79 Å². The zero-order valence-corrected chi connectivity index (χ0v) is 11.9. The summed E-state index contributed by atoms with van der Waals surface area (Å²) in [6.07, 6.45) is 2.95. The monoisotopic (exact) mass is 280 g/mol. The molecule has 0 aromatic heterocycles. The fraction of sp³-hybridized carbons (Fsp3) is 0.800. The molecule has 6 atom stereocenters. The molecule has 4 heterocycles. The lowest BCUT2D eigenvalue weighted by atomic mass is 9.59. The molecule has 0 N–H and O–H groups in total. The van der Waals surface area contributed by atoms with Crippen molar-refractivity contribution in [2.75, 3.05) is 0 Å². The van der Waals surface area contributed by atoms with Gasteiger partial charge in [0.2, 0.25) is 12.1 Å². The van der Waals surface area contributed by atoms with Crippen LogP contribution < -0.4 is 0 Å². The Hall–Kier alpha value is -0.910. The molecule has 20 heavy (non-hydrogen) atoms. The van der Waals surface area contributed by atoms with Crippen LogP contribution in [0.15, 0.2) is 12.2 Å². The van der Waals surface area contributed by atoms with Gasteiger partial charge < -0.3 is 9.47 Å². The summed E-state index contributed by atoms with van der Waals surface area (Å²) in [6, 6.07) is 0. The van der Waals surface area contributed by atoms with Gasteiger partial charge in [-0.1, -0.05) is 13.5 Å². The number of rotatable bonds is 0. The van der Waals surface area contributed by atoms with E-state index in [4.69, 9.17) is 19.2 Å². The molecule has 5 fully saturated rings. The van der Waals surface area contributed by atoms with Crippen LogP contribution in [0, 0.1) is 17.8 Å². The topological polar surface area (TPSA) is 54.0 Å². The van der Waals surface area contributed by atoms with Gasteiger partial charge >= 0.3 is 5.97 Å². The minimum Gasteiger partial charge on any atom is -0.429 e. The van der Waals surface area contributed by atoms with Gasteiger partial charge in [0, 0.05) is 23.8 Å². The van der Waals surface area contributed by atoms with Crippen molar-refractivity contribution in [3.63, 3.8) is 0 Å². The molecule has 5 aliphatic rings. The second kappa shape index (κ2) is 3.84. The summed E-state index contributed by atoms with van der Waals surface area (Å²) in [5.74, 6) is -0.501. The molecule has 4 saturated heterocycles. The fourth-order valence-corrected chi connectivity index (χ4v) is 4.46. The lowest BCUT2D eigenvalue weighted by Gasteiger charge is -2.56. The van der Waals surface area contributed by atoms with E-state index in [1.54, 1.807) is 0 Å². The Morgan fingerprint density at radius 1 is 1.25 bits per heavy atom. The third-order valence-electron chi connectivity index (χ3n) is 5.62. The first-order chi connectivity index (χ1) is 9.46. The Morgan fingerprint density at radius 3 is 2.85 bits per heavy atom. The largest absolute Gasteiger partial charge is 0.429 e. The van der Waals surface area contributed by atoms with Crippen molar-refractivity contribution in [1.29, 1.82) is 0 Å². The molecule has 2 bridgehead atoms. The Morgan fingerprint density at radius 2 is 2.05 bits per heavy atom. The highest BCUT2D eigenvalue weighted by molar-refractivity contribution is 5.89. The molecule has 1 spiro atoms. The molecule has 0 amide bonds. The molecule has 5 nitrogen and oxygen atoms in total. The quantitative estimate of drug-likeness (QED) is 0.387. The second-order valence-corrected chi connectivity index (χ2v) is 6.79. The van der Waals surface area contributed by atoms with Crippen LogP contribution in [0.5, 0.6) is 0 Å². The normalized spacial score (nSPS) is 54.1. The van der Waals surface area contributed by atoms with Gasteiger partial charge in [0.25, 0.3) is 0 Å². The average molecular weight is 280 g/mol. The first kappa shape index (κ1) is 12.8. The molecule has 5 heteroatoms. The standard InChI is InChI=1S/C15H20O5/c1-8-4-5-11-9(2)12(16)17-13-15(11)10(8)6-7-14(3,18-13)19-20-15/h8,10-11,13H,2,4-7H2,1,3H3/t8-,10+,11+,13-,14+,15-/m1/s1. The van der Waals surface area contributed by atoms with E-state index >= 15 is 0 Å². The number of fused-ring (bicyclic) bond motifs is 2. The van der Waals surface area contributed by atoms with Crippen LogP contribution >= 0.6 is 0 Å². The molecule has 0 aromatic carbocycles. The van der Waals surface area contributed by atoms with Gasteiger partial charge in [-0.25, -0.2) is 14.6 Å². The van der Waals surface area contributed by atoms with Crippen LogP contribution in [-0.4, -0.2) is 23.6 Å². The third-order valence-corrected chi connectivity index (χ3v) is 5.62. The van der Waals surface area contributed by atoms with Crippen molar-refractivity contribution < 1.29 is 24.0 Å². The number of ether oxygens (including phenoxy) is 2. The molecule has 1 aliphatic carbocycles. The fourth-order valence-electron chi connectivity index (χ4n) is 4.46. The van der Waals surface area contributed by atoms with Gasteiger partial charge in [-0.2, -0.15) is 0 Å². The Balaban J connectivity index is 1.86. The van der Waals surface area contributed by atoms with Crippen molar-refractivity contribution in [2.24, 2.45) is 17.8 Å². The maximum atomic E-state index is 12.0. The van der Waals surface area contributed by atoms with Crippen LogP contribution in [-0.2, 0) is 24.0 Å². The highest BCUT2D eigenvalue weighted by Gasteiger charge is 2.69. The van der Waals surface area contributed by atoms with Crippen molar-refractivity contribution in [3.8, 4) is 0 Å². The van der Waals surface area contributed by atoms with E-state index < -0.39 is 17.7 Å². The van der Waals surface area contributed by atoms with E-state index in [0.29, 0.717) is 11.5 Å². The van der Waals surface area contributed by atoms with Gasteiger partial charge in [0.05, 0.1) is 0 Å². The number of hydrogen-bond acceptors (Lipinski definition) is 5. The van der Waals surface area contributed by atoms with Gasteiger partial charge in [-0.15, -0.1) is 0 Å². The van der Waals surface area contributed by atoms with Gasteiger partial charge in [-0.05, 0) is 32.1 Å². The number of carbonyl (C=O) groups is 1. The third kappa shape index (κ3) is 1.41. The Labute approximate surface area is 118 Å². The minimum atomic E-state index is -0.823. The van der Waals surface area contributed by atoms with Gasteiger partial charge in [0.1, 0.15) is 0 Å². The summed E-state index contributed by atoms with van der Waals surface area (Å²) in [4.78, 5) is 23.5. The van der Waals surface area contributed by atoms with Crippen LogP contribution in [0.25, 0.3) is 0 Å². The first-order valence-corrected chi connectivity index (χ1v) is 7.41. The smallest absolute Gasteiger partial charge is 0.336 e. The van der Waals surface area contributed by atoms with Crippen molar-refractivity contribution in [2.45, 2.75) is 57.2 Å². The zero-order chi connectivity index (χ0) is 14.1. The van der Waals surface area contributed by atoms with Crippen LogP contribution in [0.4, 0.5) is 0 Å². The highest BCUT2D eigenvalue weighted by Crippen LogP contribution is 2.59. The lowest BCUT2D eigenvalue weighted by Crippen LogP contribution is -2.68. The van der Waals surface area contributed by atoms with E-state index in [2.05, 4.69) is 13.5 Å². The molecule has 5 rings (SSSR count). The lowest BCUT2D eigenvalue weighted by molar-refractivity contribution is -0.554. The molecule has 0 unspecified atom stereocenters.